The first kappa shape index (κ1) is 17.3. The van der Waals surface area contributed by atoms with Crippen molar-refractivity contribution in [3.8, 4) is 22.7 Å². The summed E-state index contributed by atoms with van der Waals surface area (Å²) < 4.78 is 30.6. The molecular formula is C19H20N2O3S. The summed E-state index contributed by atoms with van der Waals surface area (Å²) in [6, 6.07) is 16.4. The van der Waals surface area contributed by atoms with Crippen LogP contribution in [0.3, 0.4) is 0 Å². The molecule has 0 bridgehead atoms. The maximum atomic E-state index is 11.4. The molecule has 0 spiro atoms. The molecule has 0 amide bonds. The predicted molar refractivity (Wildman–Crippen MR) is 98.5 cm³/mol. The fourth-order valence-electron chi connectivity index (χ4n) is 2.77. The molecule has 0 saturated carbocycles. The molecule has 0 radical (unpaired) electrons. The number of aryl methyl sites for hydroxylation is 1. The van der Waals surface area contributed by atoms with Gasteiger partial charge in [-0.3, -0.25) is 0 Å². The van der Waals surface area contributed by atoms with E-state index in [9.17, 15) is 8.42 Å². The molecule has 0 fully saturated rings. The van der Waals surface area contributed by atoms with Gasteiger partial charge in [0.25, 0.3) is 0 Å². The molecule has 1 heterocycles. The van der Waals surface area contributed by atoms with Crippen molar-refractivity contribution in [3.63, 3.8) is 0 Å². The Bertz CT molecular complexity index is 990. The van der Waals surface area contributed by atoms with E-state index in [1.54, 1.807) is 12.1 Å². The van der Waals surface area contributed by atoms with Crippen LogP contribution < -0.4 is 9.88 Å². The summed E-state index contributed by atoms with van der Waals surface area (Å²) in [6.45, 7) is 4.55. The van der Waals surface area contributed by atoms with Crippen LogP contribution in [0.15, 0.2) is 65.7 Å². The van der Waals surface area contributed by atoms with Crippen LogP contribution in [0.1, 0.15) is 12.5 Å². The first-order chi connectivity index (χ1) is 11.9. The fourth-order valence-corrected chi connectivity index (χ4v) is 3.29. The Balaban J connectivity index is 2.11. The normalized spacial score (nSPS) is 11.5. The van der Waals surface area contributed by atoms with Gasteiger partial charge in [-0.2, -0.15) is 0 Å². The van der Waals surface area contributed by atoms with Gasteiger partial charge in [0.15, 0.2) is 0 Å². The summed E-state index contributed by atoms with van der Waals surface area (Å²) >= 11 is 0. The van der Waals surface area contributed by atoms with Crippen LogP contribution in [-0.4, -0.2) is 19.6 Å². The number of rotatable bonds is 5. The van der Waals surface area contributed by atoms with Crippen LogP contribution in [-0.2, 0) is 10.0 Å². The van der Waals surface area contributed by atoms with E-state index < -0.39 is 10.0 Å². The van der Waals surface area contributed by atoms with E-state index in [-0.39, 0.29) is 4.90 Å². The number of nitrogens with zero attached hydrogens (tertiary/aromatic N) is 1. The third kappa shape index (κ3) is 3.60. The summed E-state index contributed by atoms with van der Waals surface area (Å²) in [5, 5.41) is 5.17. The van der Waals surface area contributed by atoms with Crippen molar-refractivity contribution in [2.75, 3.05) is 6.61 Å². The van der Waals surface area contributed by atoms with Crippen LogP contribution in [0.25, 0.3) is 16.9 Å². The molecule has 3 rings (SSSR count). The van der Waals surface area contributed by atoms with Gasteiger partial charge in [0, 0.05) is 17.4 Å². The Kier molecular flexibility index (Phi) is 4.65. The lowest BCUT2D eigenvalue weighted by Gasteiger charge is -2.13. The largest absolute Gasteiger partial charge is 0.493 e. The molecule has 0 unspecified atom stereocenters. The molecule has 0 aliphatic rings. The minimum Gasteiger partial charge on any atom is -0.493 e. The fraction of sp³-hybridized carbons (Fsp3) is 0.158. The number of nitrogens with two attached hydrogens (primary N) is 1. The maximum Gasteiger partial charge on any atom is 0.238 e. The maximum absolute atomic E-state index is 11.4. The average molecular weight is 356 g/mol. The molecule has 130 valence electrons. The third-order valence-corrected chi connectivity index (χ3v) is 4.79. The van der Waals surface area contributed by atoms with E-state index in [2.05, 4.69) is 6.07 Å². The summed E-state index contributed by atoms with van der Waals surface area (Å²) in [6.07, 6.45) is 2.00. The molecular weight excluding hydrogens is 336 g/mol. The standard InChI is InChI=1S/C19H20N2O3S/c1-3-24-19-7-5-4-6-17(19)18-12-14(2)13-21(18)15-8-10-16(11-9-15)25(20,22)23/h4-13H,3H2,1-2H3,(H2,20,22,23). The monoisotopic (exact) mass is 356 g/mol. The predicted octanol–water partition coefficient (Wildman–Crippen LogP) is 3.50. The quantitative estimate of drug-likeness (QED) is 0.760. The Hall–Kier alpha value is -2.57. The number of sulfonamides is 1. The van der Waals surface area contributed by atoms with Crippen molar-refractivity contribution in [1.82, 2.24) is 4.57 Å². The van der Waals surface area contributed by atoms with Crippen LogP contribution >= 0.6 is 0 Å². The van der Waals surface area contributed by atoms with Gasteiger partial charge < -0.3 is 9.30 Å². The number of para-hydroxylation sites is 1. The summed E-state index contributed by atoms with van der Waals surface area (Å²) in [5.41, 5.74) is 3.90. The van der Waals surface area contributed by atoms with Gasteiger partial charge >= 0.3 is 0 Å². The van der Waals surface area contributed by atoms with E-state index in [4.69, 9.17) is 9.88 Å². The van der Waals surface area contributed by atoms with Gasteiger partial charge in [0.1, 0.15) is 5.75 Å². The van der Waals surface area contributed by atoms with E-state index in [1.807, 2.05) is 48.9 Å². The molecule has 5 nitrogen and oxygen atoms in total. The van der Waals surface area contributed by atoms with Gasteiger partial charge in [-0.25, -0.2) is 13.6 Å². The molecule has 0 atom stereocenters. The number of primary sulfonamides is 1. The van der Waals surface area contributed by atoms with Crippen molar-refractivity contribution in [3.05, 3.63) is 66.4 Å². The Labute approximate surface area is 147 Å². The molecule has 2 N–H and O–H groups in total. The highest BCUT2D eigenvalue weighted by molar-refractivity contribution is 7.89. The van der Waals surface area contributed by atoms with Gasteiger partial charge in [-0.15, -0.1) is 0 Å². The van der Waals surface area contributed by atoms with Crippen molar-refractivity contribution < 1.29 is 13.2 Å². The molecule has 2 aromatic carbocycles. The van der Waals surface area contributed by atoms with E-state index in [0.717, 1.165) is 28.3 Å². The van der Waals surface area contributed by atoms with Crippen LogP contribution in [0, 0.1) is 6.92 Å². The van der Waals surface area contributed by atoms with Crippen molar-refractivity contribution in [2.45, 2.75) is 18.7 Å². The molecule has 1 aromatic heterocycles. The zero-order valence-corrected chi connectivity index (χ0v) is 15.0. The molecule has 6 heteroatoms. The van der Waals surface area contributed by atoms with Gasteiger partial charge in [0.05, 0.1) is 17.2 Å². The van der Waals surface area contributed by atoms with Crippen molar-refractivity contribution in [2.24, 2.45) is 5.14 Å². The summed E-state index contributed by atoms with van der Waals surface area (Å²) in [7, 11) is -3.70. The average Bonchev–Trinajstić information content (AvgIpc) is 2.97. The number of benzene rings is 2. The topological polar surface area (TPSA) is 74.3 Å². The zero-order chi connectivity index (χ0) is 18.0. The highest BCUT2D eigenvalue weighted by atomic mass is 32.2. The Morgan fingerprint density at radius 2 is 1.76 bits per heavy atom. The van der Waals surface area contributed by atoms with Gasteiger partial charge in [0.2, 0.25) is 10.0 Å². The van der Waals surface area contributed by atoms with Gasteiger partial charge in [-0.1, -0.05) is 12.1 Å². The highest BCUT2D eigenvalue weighted by Gasteiger charge is 2.14. The zero-order valence-electron chi connectivity index (χ0n) is 14.1. The summed E-state index contributed by atoms with van der Waals surface area (Å²) in [5.74, 6) is 0.811. The second-order valence-electron chi connectivity index (χ2n) is 5.74. The minimum absolute atomic E-state index is 0.0939. The number of hydrogen-bond donors (Lipinski definition) is 1. The van der Waals surface area contributed by atoms with E-state index in [1.165, 1.54) is 12.1 Å². The molecule has 0 aliphatic carbocycles. The van der Waals surface area contributed by atoms with Crippen LogP contribution in [0.5, 0.6) is 5.75 Å². The number of ether oxygens (including phenoxy) is 1. The van der Waals surface area contributed by atoms with Crippen molar-refractivity contribution >= 4 is 10.0 Å². The lowest BCUT2D eigenvalue weighted by Crippen LogP contribution is -2.12. The highest BCUT2D eigenvalue weighted by Crippen LogP contribution is 2.33. The molecule has 25 heavy (non-hydrogen) atoms. The Morgan fingerprint density at radius 1 is 1.08 bits per heavy atom. The van der Waals surface area contributed by atoms with Crippen molar-refractivity contribution in [1.29, 1.82) is 0 Å². The first-order valence-electron chi connectivity index (χ1n) is 7.94. The second kappa shape index (κ2) is 6.74. The molecule has 0 aliphatic heterocycles. The third-order valence-electron chi connectivity index (χ3n) is 3.86. The number of aromatic nitrogens is 1. The van der Waals surface area contributed by atoms with Crippen LogP contribution in [0.4, 0.5) is 0 Å². The minimum atomic E-state index is -3.70. The SMILES string of the molecule is CCOc1ccccc1-c1cc(C)cn1-c1ccc(S(N)(=O)=O)cc1. The first-order valence-corrected chi connectivity index (χ1v) is 9.49. The van der Waals surface area contributed by atoms with E-state index in [0.29, 0.717) is 6.61 Å². The lowest BCUT2D eigenvalue weighted by atomic mass is 10.1. The molecule has 3 aromatic rings. The lowest BCUT2D eigenvalue weighted by molar-refractivity contribution is 0.341. The summed E-state index contributed by atoms with van der Waals surface area (Å²) in [4.78, 5) is 0.0939. The Morgan fingerprint density at radius 3 is 2.40 bits per heavy atom. The van der Waals surface area contributed by atoms with Crippen LogP contribution in [0.2, 0.25) is 0 Å². The van der Waals surface area contributed by atoms with E-state index >= 15 is 0 Å². The number of hydrogen-bond acceptors (Lipinski definition) is 3. The van der Waals surface area contributed by atoms with Gasteiger partial charge in [-0.05, 0) is 61.9 Å². The smallest absolute Gasteiger partial charge is 0.238 e. The molecule has 0 saturated heterocycles. The second-order valence-corrected chi connectivity index (χ2v) is 7.30.